The van der Waals surface area contributed by atoms with Crippen molar-refractivity contribution in [3.8, 4) is 5.69 Å². The summed E-state index contributed by atoms with van der Waals surface area (Å²) in [4.78, 5) is 13.0. The zero-order chi connectivity index (χ0) is 22.7. The van der Waals surface area contributed by atoms with Crippen molar-refractivity contribution in [2.24, 2.45) is 0 Å². The third-order valence-corrected chi connectivity index (χ3v) is 7.51. The summed E-state index contributed by atoms with van der Waals surface area (Å²) in [5.74, 6) is 0.442. The van der Waals surface area contributed by atoms with Crippen LogP contribution in [0.5, 0.6) is 0 Å². The van der Waals surface area contributed by atoms with Gasteiger partial charge in [0, 0.05) is 29.2 Å². The molecule has 4 aromatic rings. The lowest BCUT2D eigenvalue weighted by molar-refractivity contribution is 0.102. The van der Waals surface area contributed by atoms with E-state index >= 15 is 0 Å². The number of ketones is 1. The molecule has 4 rings (SSSR count). The molecule has 0 aliphatic carbocycles. The average molecular weight is 463 g/mol. The first kappa shape index (κ1) is 22.3. The van der Waals surface area contributed by atoms with Crippen LogP contribution < -0.4 is 5.32 Å². The number of carbonyl (C=O) groups excluding carboxylic acids is 1. The van der Waals surface area contributed by atoms with Gasteiger partial charge in [0.25, 0.3) is 0 Å². The first-order valence-electron chi connectivity index (χ1n) is 10.5. The van der Waals surface area contributed by atoms with Crippen molar-refractivity contribution in [2.75, 3.05) is 11.1 Å². The molecule has 0 fully saturated rings. The molecule has 0 bridgehead atoms. The molecule has 2 aromatic heterocycles. The molecule has 7 heteroatoms. The minimum atomic E-state index is 0.104. The Balaban J connectivity index is 1.40. The molecule has 0 radical (unpaired) electrons. The largest absolute Gasteiger partial charge is 0.356 e. The van der Waals surface area contributed by atoms with Crippen molar-refractivity contribution < 1.29 is 4.79 Å². The van der Waals surface area contributed by atoms with Gasteiger partial charge in [-0.1, -0.05) is 59.5 Å². The maximum Gasteiger partial charge on any atom is 0.206 e. The van der Waals surface area contributed by atoms with E-state index in [1.54, 1.807) is 0 Å². The van der Waals surface area contributed by atoms with Gasteiger partial charge < -0.3 is 9.88 Å². The molecular formula is C25H26N4OS2. The van der Waals surface area contributed by atoms with Gasteiger partial charge in [-0.2, -0.15) is 0 Å². The fourth-order valence-corrected chi connectivity index (χ4v) is 5.26. The number of carbonyl (C=O) groups is 1. The predicted molar refractivity (Wildman–Crippen MR) is 133 cm³/mol. The molecule has 0 aliphatic heterocycles. The highest BCUT2D eigenvalue weighted by molar-refractivity contribution is 8.01. The molecule has 2 aromatic carbocycles. The first-order valence-corrected chi connectivity index (χ1v) is 12.3. The van der Waals surface area contributed by atoms with Gasteiger partial charge in [0.05, 0.1) is 5.75 Å². The summed E-state index contributed by atoms with van der Waals surface area (Å²) in [5.41, 5.74) is 7.57. The Hall–Kier alpha value is -2.90. The van der Waals surface area contributed by atoms with Crippen LogP contribution in [-0.2, 0) is 6.54 Å². The topological polar surface area (TPSA) is 59.8 Å². The zero-order valence-corrected chi connectivity index (χ0v) is 20.3. The van der Waals surface area contributed by atoms with Crippen molar-refractivity contribution in [2.45, 2.75) is 38.6 Å². The molecule has 1 N–H and O–H groups in total. The van der Waals surface area contributed by atoms with Crippen molar-refractivity contribution in [1.82, 2.24) is 14.8 Å². The number of anilines is 1. The van der Waals surface area contributed by atoms with Gasteiger partial charge in [-0.25, -0.2) is 0 Å². The third kappa shape index (κ3) is 4.95. The van der Waals surface area contributed by atoms with E-state index in [2.05, 4.69) is 64.3 Å². The van der Waals surface area contributed by atoms with Crippen molar-refractivity contribution in [3.05, 3.63) is 88.2 Å². The highest BCUT2D eigenvalue weighted by Crippen LogP contribution is 2.28. The number of thioether (sulfide) groups is 1. The Morgan fingerprint density at radius 2 is 1.78 bits per heavy atom. The molecule has 0 saturated heterocycles. The first-order chi connectivity index (χ1) is 15.4. The van der Waals surface area contributed by atoms with E-state index < -0.39 is 0 Å². The number of aromatic nitrogens is 3. The number of nitrogens with one attached hydrogen (secondary N) is 1. The Bertz CT molecular complexity index is 1240. The quantitative estimate of drug-likeness (QED) is 0.251. The highest BCUT2D eigenvalue weighted by atomic mass is 32.2. The number of benzene rings is 2. The third-order valence-electron chi connectivity index (χ3n) is 5.50. The van der Waals surface area contributed by atoms with Gasteiger partial charge in [-0.15, -0.1) is 10.2 Å². The molecule has 0 amide bonds. The second kappa shape index (κ2) is 9.71. The fraction of sp³-hybridized carbons (Fsp3) is 0.240. The summed E-state index contributed by atoms with van der Waals surface area (Å²) in [6.07, 6.45) is 0. The summed E-state index contributed by atoms with van der Waals surface area (Å²) in [6.45, 7) is 8.97. The molecular weight excluding hydrogens is 436 g/mol. The molecule has 164 valence electrons. The summed E-state index contributed by atoms with van der Waals surface area (Å²) >= 11 is 2.91. The summed E-state index contributed by atoms with van der Waals surface area (Å²) in [5, 5.41) is 12.5. The van der Waals surface area contributed by atoms with Crippen LogP contribution in [0.1, 0.15) is 38.4 Å². The molecule has 0 unspecified atom stereocenters. The molecule has 2 heterocycles. The van der Waals surface area contributed by atoms with Crippen LogP contribution in [-0.4, -0.2) is 26.3 Å². The summed E-state index contributed by atoms with van der Waals surface area (Å²) in [6, 6.07) is 18.6. The number of hydrogen-bond donors (Lipinski definition) is 1. The average Bonchev–Trinajstić information content (AvgIpc) is 3.37. The number of hydrogen-bond acceptors (Lipinski definition) is 6. The van der Waals surface area contributed by atoms with E-state index in [0.29, 0.717) is 12.3 Å². The van der Waals surface area contributed by atoms with Gasteiger partial charge in [0.15, 0.2) is 10.1 Å². The van der Waals surface area contributed by atoms with E-state index in [1.807, 2.05) is 38.1 Å². The number of Topliss-reactive ketones (excluding diaryl/α,β-unsaturated/α-hetero) is 1. The van der Waals surface area contributed by atoms with E-state index in [0.717, 1.165) is 32.1 Å². The van der Waals surface area contributed by atoms with Crippen LogP contribution in [0.3, 0.4) is 0 Å². The fourth-order valence-electron chi connectivity index (χ4n) is 3.63. The van der Waals surface area contributed by atoms with Crippen LogP contribution in [0.25, 0.3) is 5.69 Å². The second-order valence-electron chi connectivity index (χ2n) is 7.81. The van der Waals surface area contributed by atoms with Crippen LogP contribution in [0, 0.1) is 27.7 Å². The SMILES string of the molecule is Cc1ccc(-n2c(C)cc(C(=O)CSc3nnc(NCc4ccccc4)s3)c2C)cc1C. The smallest absolute Gasteiger partial charge is 0.206 e. The molecule has 0 saturated carbocycles. The summed E-state index contributed by atoms with van der Waals surface area (Å²) < 4.78 is 2.94. The minimum Gasteiger partial charge on any atom is -0.356 e. The van der Waals surface area contributed by atoms with E-state index in [1.165, 1.54) is 39.8 Å². The predicted octanol–water partition coefficient (Wildman–Crippen LogP) is 6.15. The number of rotatable bonds is 8. The van der Waals surface area contributed by atoms with E-state index in [9.17, 15) is 4.79 Å². The Kier molecular flexibility index (Phi) is 6.77. The zero-order valence-electron chi connectivity index (χ0n) is 18.7. The lowest BCUT2D eigenvalue weighted by atomic mass is 10.1. The van der Waals surface area contributed by atoms with E-state index in [4.69, 9.17) is 0 Å². The molecule has 0 aliphatic rings. The van der Waals surface area contributed by atoms with Crippen LogP contribution in [0.4, 0.5) is 5.13 Å². The van der Waals surface area contributed by atoms with Gasteiger partial charge in [-0.05, 0) is 62.6 Å². The lowest BCUT2D eigenvalue weighted by Crippen LogP contribution is -2.05. The Morgan fingerprint density at radius 1 is 1.00 bits per heavy atom. The molecule has 0 atom stereocenters. The van der Waals surface area contributed by atoms with Crippen molar-refractivity contribution >= 4 is 34.0 Å². The van der Waals surface area contributed by atoms with E-state index in [-0.39, 0.29) is 5.78 Å². The van der Waals surface area contributed by atoms with Crippen LogP contribution in [0.15, 0.2) is 58.9 Å². The van der Waals surface area contributed by atoms with Gasteiger partial charge in [-0.3, -0.25) is 4.79 Å². The number of aryl methyl sites for hydroxylation is 3. The Morgan fingerprint density at radius 3 is 2.53 bits per heavy atom. The molecule has 32 heavy (non-hydrogen) atoms. The molecule has 5 nitrogen and oxygen atoms in total. The minimum absolute atomic E-state index is 0.104. The maximum atomic E-state index is 13.0. The Labute approximate surface area is 196 Å². The maximum absolute atomic E-state index is 13.0. The second-order valence-corrected chi connectivity index (χ2v) is 10.0. The van der Waals surface area contributed by atoms with Gasteiger partial charge >= 0.3 is 0 Å². The van der Waals surface area contributed by atoms with Gasteiger partial charge in [0.2, 0.25) is 5.13 Å². The van der Waals surface area contributed by atoms with Crippen molar-refractivity contribution in [3.63, 3.8) is 0 Å². The standard InChI is InChI=1S/C25H26N4OS2/c1-16-10-11-21(12-17(16)2)29-18(3)13-22(19(29)4)23(30)15-31-25-28-27-24(32-25)26-14-20-8-6-5-7-9-20/h5-13H,14-15H2,1-4H3,(H,26,27). The molecule has 0 spiro atoms. The lowest BCUT2D eigenvalue weighted by Gasteiger charge is -2.12. The van der Waals surface area contributed by atoms with Crippen LogP contribution in [0.2, 0.25) is 0 Å². The number of nitrogens with zero attached hydrogens (tertiary/aromatic N) is 3. The summed E-state index contributed by atoms with van der Waals surface area (Å²) in [7, 11) is 0. The monoisotopic (exact) mass is 462 g/mol. The highest BCUT2D eigenvalue weighted by Gasteiger charge is 2.18. The van der Waals surface area contributed by atoms with Gasteiger partial charge in [0.1, 0.15) is 0 Å². The normalized spacial score (nSPS) is 11.0. The van der Waals surface area contributed by atoms with Crippen molar-refractivity contribution in [1.29, 1.82) is 0 Å². The van der Waals surface area contributed by atoms with Crippen LogP contribution >= 0.6 is 23.1 Å².